The van der Waals surface area contributed by atoms with Crippen molar-refractivity contribution in [3.8, 4) is 5.69 Å². The van der Waals surface area contributed by atoms with Crippen molar-refractivity contribution in [2.24, 2.45) is 0 Å². The van der Waals surface area contributed by atoms with Crippen LogP contribution in [0, 0.1) is 0 Å². The number of carbonyl (C=O) groups excluding carboxylic acids is 3. The van der Waals surface area contributed by atoms with E-state index in [1.165, 1.54) is 41.3 Å². The van der Waals surface area contributed by atoms with Gasteiger partial charge in [0.25, 0.3) is 5.91 Å². The number of Topliss-reactive ketones (excluding diaryl/α,β-unsaturated/α-hetero) is 1. The summed E-state index contributed by atoms with van der Waals surface area (Å²) >= 11 is 6.09. The number of tetrazole rings is 1. The molecule has 0 aliphatic rings. The molecule has 0 unspecified atom stereocenters. The molecular formula is C26H22ClN7O5. The Morgan fingerprint density at radius 2 is 1.72 bits per heavy atom. The van der Waals surface area contributed by atoms with Gasteiger partial charge in [-0.2, -0.15) is 4.68 Å². The van der Waals surface area contributed by atoms with Crippen molar-refractivity contribution in [2.75, 3.05) is 11.9 Å². The van der Waals surface area contributed by atoms with E-state index in [-0.39, 0.29) is 29.8 Å². The summed E-state index contributed by atoms with van der Waals surface area (Å²) in [6.07, 6.45) is 0.260. The Morgan fingerprint density at radius 1 is 0.974 bits per heavy atom. The summed E-state index contributed by atoms with van der Waals surface area (Å²) in [5.41, 5.74) is 1.89. The van der Waals surface area contributed by atoms with Crippen LogP contribution in [-0.4, -0.2) is 61.6 Å². The van der Waals surface area contributed by atoms with Gasteiger partial charge in [-0.3, -0.25) is 19.7 Å². The zero-order chi connectivity index (χ0) is 27.8. The van der Waals surface area contributed by atoms with Gasteiger partial charge in [0, 0.05) is 28.3 Å². The topological polar surface area (TPSA) is 168 Å². The lowest BCUT2D eigenvalue weighted by atomic mass is 10.0. The molecule has 12 nitrogen and oxygen atoms in total. The van der Waals surface area contributed by atoms with Gasteiger partial charge in [-0.1, -0.05) is 41.9 Å². The predicted molar refractivity (Wildman–Crippen MR) is 141 cm³/mol. The number of carbonyl (C=O) groups is 4. The van der Waals surface area contributed by atoms with Gasteiger partial charge < -0.3 is 15.7 Å². The Balaban J connectivity index is 1.48. The van der Waals surface area contributed by atoms with Crippen LogP contribution in [0.2, 0.25) is 5.02 Å². The zero-order valence-corrected chi connectivity index (χ0v) is 21.0. The van der Waals surface area contributed by atoms with Gasteiger partial charge in [-0.15, -0.1) is 5.10 Å². The van der Waals surface area contributed by atoms with Gasteiger partial charge in [0.15, 0.2) is 5.78 Å². The second kappa shape index (κ2) is 12.4. The highest BCUT2D eigenvalue weighted by Gasteiger charge is 2.24. The van der Waals surface area contributed by atoms with E-state index in [0.29, 0.717) is 10.7 Å². The molecule has 13 heteroatoms. The Morgan fingerprint density at radius 3 is 2.38 bits per heavy atom. The van der Waals surface area contributed by atoms with Crippen molar-refractivity contribution in [3.05, 3.63) is 101 Å². The van der Waals surface area contributed by atoms with E-state index in [1.807, 2.05) is 30.3 Å². The second-order valence-corrected chi connectivity index (χ2v) is 8.72. The standard InChI is InChI=1S/C26H22ClN7O5/c27-18-8-11-22(34-15-29-32-33-34)20(13-18)23(35)14-28-25(37)21(12-16-4-2-1-3-5-16)31-24(36)17-6-9-19(10-7-17)30-26(38)39/h1-11,13,15,21,30H,12,14H2,(H,28,37)(H,31,36)(H,38,39)/t21-/m0/s1. The maximum atomic E-state index is 13.2. The SMILES string of the molecule is O=C(O)Nc1ccc(C(=O)N[C@@H](Cc2ccccc2)C(=O)NCC(=O)c2cc(Cl)ccc2-n2cnnn2)cc1. The molecule has 0 aliphatic carbocycles. The van der Waals surface area contributed by atoms with Crippen LogP contribution in [0.25, 0.3) is 5.69 Å². The number of nitrogens with one attached hydrogen (secondary N) is 3. The fourth-order valence-electron chi connectivity index (χ4n) is 3.72. The molecule has 0 aliphatic heterocycles. The minimum absolute atomic E-state index is 0.165. The van der Waals surface area contributed by atoms with Crippen molar-refractivity contribution in [2.45, 2.75) is 12.5 Å². The number of anilines is 1. The largest absolute Gasteiger partial charge is 0.465 e. The van der Waals surface area contributed by atoms with Gasteiger partial charge in [0.1, 0.15) is 12.4 Å². The monoisotopic (exact) mass is 547 g/mol. The van der Waals surface area contributed by atoms with Crippen molar-refractivity contribution in [3.63, 3.8) is 0 Å². The Hall–Kier alpha value is -5.10. The fraction of sp³-hybridized carbons (Fsp3) is 0.115. The van der Waals surface area contributed by atoms with Gasteiger partial charge in [-0.05, 0) is 58.5 Å². The minimum Gasteiger partial charge on any atom is -0.465 e. The summed E-state index contributed by atoms with van der Waals surface area (Å²) in [6.45, 7) is -0.370. The van der Waals surface area contributed by atoms with Crippen LogP contribution >= 0.6 is 11.6 Å². The summed E-state index contributed by atoms with van der Waals surface area (Å²) in [7, 11) is 0. The van der Waals surface area contributed by atoms with Crippen LogP contribution in [-0.2, 0) is 11.2 Å². The average Bonchev–Trinajstić information content (AvgIpc) is 3.46. The molecule has 3 amide bonds. The first-order valence-electron chi connectivity index (χ1n) is 11.6. The third-order valence-electron chi connectivity index (χ3n) is 5.58. The lowest BCUT2D eigenvalue weighted by Crippen LogP contribution is -2.49. The molecule has 0 bridgehead atoms. The smallest absolute Gasteiger partial charge is 0.409 e. The van der Waals surface area contributed by atoms with E-state index in [9.17, 15) is 19.2 Å². The van der Waals surface area contributed by atoms with Crippen molar-refractivity contribution < 1.29 is 24.3 Å². The Bertz CT molecular complexity index is 1480. The minimum atomic E-state index is -1.23. The fourth-order valence-corrected chi connectivity index (χ4v) is 3.89. The van der Waals surface area contributed by atoms with Crippen molar-refractivity contribution in [1.82, 2.24) is 30.8 Å². The number of aromatic nitrogens is 4. The van der Waals surface area contributed by atoms with Crippen LogP contribution in [0.15, 0.2) is 79.1 Å². The molecule has 0 saturated carbocycles. The molecule has 1 aromatic heterocycles. The summed E-state index contributed by atoms with van der Waals surface area (Å²) in [4.78, 5) is 50.0. The summed E-state index contributed by atoms with van der Waals surface area (Å²) in [5.74, 6) is -1.56. The first kappa shape index (κ1) is 26.9. The Kier molecular flexibility index (Phi) is 8.59. The maximum Gasteiger partial charge on any atom is 0.409 e. The van der Waals surface area contributed by atoms with Crippen molar-refractivity contribution in [1.29, 1.82) is 0 Å². The molecule has 1 atom stereocenters. The number of ketones is 1. The number of amides is 3. The highest BCUT2D eigenvalue weighted by Crippen LogP contribution is 2.19. The number of benzene rings is 3. The van der Waals surface area contributed by atoms with E-state index in [2.05, 4.69) is 31.5 Å². The molecule has 4 rings (SSSR count). The second-order valence-electron chi connectivity index (χ2n) is 8.28. The van der Waals surface area contributed by atoms with Gasteiger partial charge in [0.05, 0.1) is 12.2 Å². The highest BCUT2D eigenvalue weighted by atomic mass is 35.5. The molecule has 0 fully saturated rings. The van der Waals surface area contributed by atoms with Gasteiger partial charge >= 0.3 is 6.09 Å². The molecular weight excluding hydrogens is 526 g/mol. The molecule has 198 valence electrons. The first-order valence-corrected chi connectivity index (χ1v) is 12.0. The number of rotatable bonds is 10. The van der Waals surface area contributed by atoms with E-state index < -0.39 is 29.7 Å². The lowest BCUT2D eigenvalue weighted by molar-refractivity contribution is -0.122. The predicted octanol–water partition coefficient (Wildman–Crippen LogP) is 2.75. The van der Waals surface area contributed by atoms with Crippen LogP contribution < -0.4 is 16.0 Å². The first-order chi connectivity index (χ1) is 18.8. The summed E-state index contributed by atoms with van der Waals surface area (Å²) < 4.78 is 1.31. The van der Waals surface area contributed by atoms with E-state index >= 15 is 0 Å². The third-order valence-corrected chi connectivity index (χ3v) is 5.82. The number of hydrogen-bond donors (Lipinski definition) is 4. The third kappa shape index (κ3) is 7.23. The molecule has 3 aromatic carbocycles. The number of nitrogens with zero attached hydrogens (tertiary/aromatic N) is 4. The van der Waals surface area contributed by atoms with Crippen LogP contribution in [0.4, 0.5) is 10.5 Å². The normalized spacial score (nSPS) is 11.3. The molecule has 1 heterocycles. The van der Waals surface area contributed by atoms with Gasteiger partial charge in [-0.25, -0.2) is 4.79 Å². The van der Waals surface area contributed by atoms with E-state index in [4.69, 9.17) is 16.7 Å². The molecule has 0 radical (unpaired) electrons. The van der Waals surface area contributed by atoms with Crippen LogP contribution in [0.5, 0.6) is 0 Å². The van der Waals surface area contributed by atoms with E-state index in [0.717, 1.165) is 5.56 Å². The summed E-state index contributed by atoms with van der Waals surface area (Å²) in [6, 6.07) is 18.4. The quantitative estimate of drug-likeness (QED) is 0.220. The van der Waals surface area contributed by atoms with Crippen LogP contribution in [0.1, 0.15) is 26.3 Å². The Labute approximate surface area is 227 Å². The maximum absolute atomic E-state index is 13.2. The molecule has 39 heavy (non-hydrogen) atoms. The lowest BCUT2D eigenvalue weighted by Gasteiger charge is -2.19. The average molecular weight is 548 g/mol. The molecule has 0 spiro atoms. The number of carboxylic acid groups (broad SMARTS) is 1. The van der Waals surface area contributed by atoms with Gasteiger partial charge in [0.2, 0.25) is 5.91 Å². The molecule has 0 saturated heterocycles. The number of hydrogen-bond acceptors (Lipinski definition) is 7. The van der Waals surface area contributed by atoms with E-state index in [1.54, 1.807) is 12.1 Å². The molecule has 4 aromatic rings. The molecule has 4 N–H and O–H groups in total. The van der Waals surface area contributed by atoms with Crippen molar-refractivity contribution >= 4 is 41.0 Å². The highest BCUT2D eigenvalue weighted by molar-refractivity contribution is 6.31. The number of halogens is 1. The van der Waals surface area contributed by atoms with Crippen LogP contribution in [0.3, 0.4) is 0 Å². The zero-order valence-electron chi connectivity index (χ0n) is 20.2. The summed E-state index contributed by atoms with van der Waals surface area (Å²) in [5, 5.41) is 27.6.